The number of ether oxygens (including phenoxy) is 2. The lowest BCUT2D eigenvalue weighted by Crippen LogP contribution is -2.51. The van der Waals surface area contributed by atoms with Crippen molar-refractivity contribution in [1.29, 1.82) is 0 Å². The second-order valence-electron chi connectivity index (χ2n) is 7.39. The Morgan fingerprint density at radius 3 is 3.07 bits per heavy atom. The zero-order valence-electron chi connectivity index (χ0n) is 16.1. The molecule has 0 spiro atoms. The highest BCUT2D eigenvalue weighted by molar-refractivity contribution is 6.30. The summed E-state index contributed by atoms with van der Waals surface area (Å²) in [7, 11) is 1.72. The first-order valence-electron chi connectivity index (χ1n) is 9.75. The van der Waals surface area contributed by atoms with Crippen LogP contribution in [0.15, 0.2) is 24.3 Å². The van der Waals surface area contributed by atoms with Gasteiger partial charge in [-0.3, -0.25) is 0 Å². The van der Waals surface area contributed by atoms with Gasteiger partial charge in [-0.1, -0.05) is 23.7 Å². The summed E-state index contributed by atoms with van der Waals surface area (Å²) in [6.45, 7) is 3.11. The van der Waals surface area contributed by atoms with E-state index in [1.807, 2.05) is 22.9 Å². The van der Waals surface area contributed by atoms with Crippen molar-refractivity contribution in [2.45, 2.75) is 50.3 Å². The first-order chi connectivity index (χ1) is 13.2. The molecular weight excluding hydrogens is 399 g/mol. The highest BCUT2D eigenvalue weighted by Crippen LogP contribution is 2.34. The molecule has 8 heteroatoms. The molecule has 3 atom stereocenters. The number of morpholine rings is 1. The van der Waals surface area contributed by atoms with E-state index in [9.17, 15) is 0 Å². The van der Waals surface area contributed by atoms with Gasteiger partial charge in [0.2, 0.25) is 0 Å². The minimum absolute atomic E-state index is 0. The molecule has 2 aliphatic rings. The Morgan fingerprint density at radius 2 is 2.25 bits per heavy atom. The number of hydrogen-bond donors (Lipinski definition) is 1. The number of aromatic nitrogens is 3. The molecule has 0 bridgehead atoms. The monoisotopic (exact) mass is 426 g/mol. The van der Waals surface area contributed by atoms with Gasteiger partial charge in [-0.15, -0.1) is 12.4 Å². The van der Waals surface area contributed by atoms with Crippen molar-refractivity contribution >= 4 is 24.0 Å². The average molecular weight is 427 g/mol. The number of nitrogens with zero attached hydrogens (tertiary/aromatic N) is 3. The van der Waals surface area contributed by atoms with Gasteiger partial charge >= 0.3 is 0 Å². The molecule has 0 unspecified atom stereocenters. The molecular formula is C20H28Cl2N4O2. The van der Waals surface area contributed by atoms with Crippen LogP contribution in [0.25, 0.3) is 0 Å². The molecule has 1 saturated carbocycles. The topological polar surface area (TPSA) is 61.2 Å². The van der Waals surface area contributed by atoms with E-state index >= 15 is 0 Å². The quantitative estimate of drug-likeness (QED) is 0.767. The molecule has 1 aromatic carbocycles. The molecule has 2 heterocycles. The third-order valence-corrected chi connectivity index (χ3v) is 5.73. The van der Waals surface area contributed by atoms with Crippen molar-refractivity contribution in [2.24, 2.45) is 0 Å². The Morgan fingerprint density at radius 1 is 1.36 bits per heavy atom. The van der Waals surface area contributed by atoms with Crippen molar-refractivity contribution < 1.29 is 9.47 Å². The van der Waals surface area contributed by atoms with Crippen molar-refractivity contribution in [3.8, 4) is 0 Å². The van der Waals surface area contributed by atoms with E-state index in [-0.39, 0.29) is 12.4 Å². The van der Waals surface area contributed by atoms with Gasteiger partial charge in [0.1, 0.15) is 5.82 Å². The molecule has 6 nitrogen and oxygen atoms in total. The Hall–Kier alpha value is -1.18. The number of halogens is 2. The Bertz CT molecular complexity index is 770. The molecule has 1 aliphatic carbocycles. The fraction of sp³-hybridized carbons (Fsp3) is 0.600. The van der Waals surface area contributed by atoms with Crippen LogP contribution < -0.4 is 5.32 Å². The summed E-state index contributed by atoms with van der Waals surface area (Å²) in [6, 6.07) is 8.32. The number of rotatable bonds is 6. The van der Waals surface area contributed by atoms with Crippen molar-refractivity contribution in [3.05, 3.63) is 46.5 Å². The SMILES string of the molecule is COCCn1nc(Cc2cccc(Cl)c2)nc1[C@H]1CC[C@H]2OCCN[C@@H]2C1.Cl. The summed E-state index contributed by atoms with van der Waals surface area (Å²) < 4.78 is 13.2. The third-order valence-electron chi connectivity index (χ3n) is 5.50. The number of hydrogen-bond acceptors (Lipinski definition) is 5. The van der Waals surface area contributed by atoms with Gasteiger partial charge in [0.25, 0.3) is 0 Å². The number of benzene rings is 1. The molecule has 2 fully saturated rings. The lowest BCUT2D eigenvalue weighted by atomic mass is 9.82. The number of nitrogens with one attached hydrogen (secondary N) is 1. The van der Waals surface area contributed by atoms with Crippen molar-refractivity contribution in [1.82, 2.24) is 20.1 Å². The van der Waals surface area contributed by atoms with Crippen LogP contribution in [-0.4, -0.2) is 53.8 Å². The largest absolute Gasteiger partial charge is 0.383 e. The number of fused-ring (bicyclic) bond motifs is 1. The Balaban J connectivity index is 0.00000225. The molecule has 1 saturated heterocycles. The van der Waals surface area contributed by atoms with Gasteiger partial charge in [0.05, 0.1) is 25.9 Å². The van der Waals surface area contributed by atoms with Crippen LogP contribution in [-0.2, 0) is 22.4 Å². The molecule has 1 N–H and O–H groups in total. The molecule has 1 aliphatic heterocycles. The normalized spacial score (nSPS) is 24.4. The maximum atomic E-state index is 6.12. The van der Waals surface area contributed by atoms with Gasteiger partial charge in [-0.2, -0.15) is 5.10 Å². The van der Waals surface area contributed by atoms with Crippen LogP contribution in [0.4, 0.5) is 0 Å². The zero-order chi connectivity index (χ0) is 18.6. The fourth-order valence-corrected chi connectivity index (χ4v) is 4.41. The van der Waals surface area contributed by atoms with Crippen molar-refractivity contribution in [2.75, 3.05) is 26.9 Å². The van der Waals surface area contributed by atoms with Crippen LogP contribution in [0.1, 0.15) is 42.4 Å². The molecule has 0 radical (unpaired) electrons. The minimum atomic E-state index is 0. The highest BCUT2D eigenvalue weighted by Gasteiger charge is 2.35. The van der Waals surface area contributed by atoms with Crippen LogP contribution in [0.3, 0.4) is 0 Å². The van der Waals surface area contributed by atoms with Gasteiger partial charge in [0.15, 0.2) is 5.82 Å². The lowest BCUT2D eigenvalue weighted by Gasteiger charge is -2.39. The van der Waals surface area contributed by atoms with Crippen molar-refractivity contribution in [3.63, 3.8) is 0 Å². The van der Waals surface area contributed by atoms with E-state index in [1.165, 1.54) is 0 Å². The van der Waals surface area contributed by atoms with E-state index in [1.54, 1.807) is 7.11 Å². The Kier molecular flexibility index (Phi) is 7.71. The van der Waals surface area contributed by atoms with Crippen LogP contribution in [0, 0.1) is 0 Å². The number of methoxy groups -OCH3 is 1. The summed E-state index contributed by atoms with van der Waals surface area (Å²) >= 11 is 6.12. The first-order valence-corrected chi connectivity index (χ1v) is 10.1. The molecule has 0 amide bonds. The highest BCUT2D eigenvalue weighted by atomic mass is 35.5. The summed E-state index contributed by atoms with van der Waals surface area (Å²) in [5.74, 6) is 2.33. The zero-order valence-corrected chi connectivity index (χ0v) is 17.7. The van der Waals surface area contributed by atoms with E-state index in [2.05, 4.69) is 11.4 Å². The maximum absolute atomic E-state index is 6.12. The fourth-order valence-electron chi connectivity index (χ4n) is 4.20. The molecule has 154 valence electrons. The summed E-state index contributed by atoms with van der Waals surface area (Å²) in [6.07, 6.45) is 4.24. The standard InChI is InChI=1S/C20H27ClN4O2.ClH/c1-26-10-8-25-20(15-5-6-18-17(13-15)22-7-9-27-18)23-19(24-25)12-14-3-2-4-16(21)11-14;/h2-4,11,15,17-18,22H,5-10,12-13H2,1H3;1H/t15-,17+,18+;/m0./s1. The maximum Gasteiger partial charge on any atom is 0.155 e. The van der Waals surface area contributed by atoms with E-state index in [4.69, 9.17) is 31.2 Å². The van der Waals surface area contributed by atoms with Gasteiger partial charge in [-0.25, -0.2) is 9.67 Å². The average Bonchev–Trinajstić information content (AvgIpc) is 3.08. The molecule has 2 aromatic rings. The van der Waals surface area contributed by atoms with Crippen LogP contribution in [0.5, 0.6) is 0 Å². The molecule has 28 heavy (non-hydrogen) atoms. The smallest absolute Gasteiger partial charge is 0.155 e. The third kappa shape index (κ3) is 5.05. The summed E-state index contributed by atoms with van der Waals surface area (Å²) in [5, 5.41) is 9.14. The van der Waals surface area contributed by atoms with Gasteiger partial charge < -0.3 is 14.8 Å². The van der Waals surface area contributed by atoms with E-state index < -0.39 is 0 Å². The second-order valence-corrected chi connectivity index (χ2v) is 7.83. The van der Waals surface area contributed by atoms with Crippen LogP contribution in [0.2, 0.25) is 5.02 Å². The predicted octanol–water partition coefficient (Wildman–Crippen LogP) is 3.22. The molecule has 1 aromatic heterocycles. The summed E-state index contributed by atoms with van der Waals surface area (Å²) in [4.78, 5) is 4.93. The predicted molar refractivity (Wildman–Crippen MR) is 112 cm³/mol. The van der Waals surface area contributed by atoms with Gasteiger partial charge in [-0.05, 0) is 37.0 Å². The second kappa shape index (κ2) is 10.0. The van der Waals surface area contributed by atoms with Crippen LogP contribution >= 0.6 is 24.0 Å². The minimum Gasteiger partial charge on any atom is -0.383 e. The molecule has 4 rings (SSSR count). The van der Waals surface area contributed by atoms with Gasteiger partial charge in [0, 0.05) is 37.1 Å². The first kappa shape index (κ1) is 21.5. The lowest BCUT2D eigenvalue weighted by molar-refractivity contribution is -0.0282. The van der Waals surface area contributed by atoms with E-state index in [0.717, 1.165) is 61.2 Å². The Labute approximate surface area is 177 Å². The summed E-state index contributed by atoms with van der Waals surface area (Å²) in [5.41, 5.74) is 1.13. The van der Waals surface area contributed by atoms with E-state index in [0.29, 0.717) is 31.1 Å².